The van der Waals surface area contributed by atoms with E-state index in [1.54, 1.807) is 24.3 Å². The molecule has 14 heteroatoms. The van der Waals surface area contributed by atoms with Crippen molar-refractivity contribution in [3.63, 3.8) is 0 Å². The van der Waals surface area contributed by atoms with Gasteiger partial charge in [0.2, 0.25) is 0 Å². The molecule has 280 valence electrons. The van der Waals surface area contributed by atoms with E-state index in [0.29, 0.717) is 36.6 Å². The molecule has 2 aliphatic rings. The quantitative estimate of drug-likeness (QED) is 0.0732. The molecular weight excluding hydrogens is 714 g/mol. The van der Waals surface area contributed by atoms with Gasteiger partial charge in [0.25, 0.3) is 11.6 Å². The zero-order valence-corrected chi connectivity index (χ0v) is 32.6. The summed E-state index contributed by atoms with van der Waals surface area (Å²) in [4.78, 5) is 41.0. The fourth-order valence-corrected chi connectivity index (χ4v) is 9.93. The highest BCUT2D eigenvalue weighted by atomic mass is 35.5. The lowest BCUT2D eigenvalue weighted by Crippen LogP contribution is -2.50. The summed E-state index contributed by atoms with van der Waals surface area (Å²) in [5, 5.41) is 30.2. The number of benzene rings is 3. The van der Waals surface area contributed by atoms with Gasteiger partial charge in [-0.1, -0.05) is 49.0 Å². The number of halogens is 1. The molecule has 1 aliphatic carbocycles. The number of nitrogens with one attached hydrogen (secondary N) is 2. The number of hydrogen-bond acceptors (Lipinski definition) is 9. The Labute approximate surface area is 315 Å². The number of nitrogens with zero attached hydrogens (tertiary/aromatic N) is 3. The first kappa shape index (κ1) is 39.4. The molecule has 0 saturated heterocycles. The van der Waals surface area contributed by atoms with Crippen LogP contribution in [0.25, 0.3) is 5.57 Å². The van der Waals surface area contributed by atoms with E-state index in [4.69, 9.17) is 21.1 Å². The van der Waals surface area contributed by atoms with Crippen LogP contribution < -0.4 is 20.7 Å². The first-order chi connectivity index (χ1) is 25.2. The van der Waals surface area contributed by atoms with E-state index in [-0.39, 0.29) is 48.0 Å². The Balaban J connectivity index is 1.26. The first-order valence-electron chi connectivity index (χ1n) is 17.3. The highest BCUT2D eigenvalue weighted by molar-refractivity contribution is 6.97. The Morgan fingerprint density at radius 2 is 1.66 bits per heavy atom. The van der Waals surface area contributed by atoms with Crippen LogP contribution in [0.4, 0.5) is 17.1 Å². The van der Waals surface area contributed by atoms with Gasteiger partial charge in [-0.25, -0.2) is 4.79 Å². The van der Waals surface area contributed by atoms with Crippen LogP contribution in [0.1, 0.15) is 31.8 Å². The molecule has 3 aromatic rings. The number of carbonyl (C=O) groups excluding carboxylic acids is 1. The van der Waals surface area contributed by atoms with Gasteiger partial charge in [0.1, 0.15) is 13.8 Å². The number of allylic oxidation sites excluding steroid dienone is 3. The van der Waals surface area contributed by atoms with Crippen LogP contribution in [0, 0.1) is 10.1 Å². The molecule has 1 atom stereocenters. The fourth-order valence-electron chi connectivity index (χ4n) is 6.61. The predicted molar refractivity (Wildman–Crippen MR) is 213 cm³/mol. The average Bonchev–Trinajstić information content (AvgIpc) is 3.12. The highest BCUT2D eigenvalue weighted by Crippen LogP contribution is 2.43. The van der Waals surface area contributed by atoms with Crippen molar-refractivity contribution < 1.29 is 29.1 Å². The van der Waals surface area contributed by atoms with Crippen molar-refractivity contribution >= 4 is 59.4 Å². The zero-order chi connectivity index (χ0) is 38.4. The number of anilines is 2. The maximum absolute atomic E-state index is 13.4. The van der Waals surface area contributed by atoms with E-state index in [2.05, 4.69) is 70.0 Å². The normalized spacial score (nSPS) is 15.8. The Hall–Kier alpha value is -4.79. The number of carboxylic acids is 1. The largest absolute Gasteiger partial charge is 0.478 e. The fraction of sp³-hybridized carbons (Fsp3) is 0.333. The SMILES string of the molecule is CN(C)c1ccc2c(c1)[Si](C)(C)C1=CC(N(C)C)C=CC1=C2c1cc(C(=O)NCCOCCOCCNc2ccc(Cl)cc2[N+](=O)[O-])ccc1C(=O)O. The predicted octanol–water partition coefficient (Wildman–Crippen LogP) is 5.58. The minimum atomic E-state index is -2.23. The third-order valence-electron chi connectivity index (χ3n) is 9.49. The van der Waals surface area contributed by atoms with Crippen LogP contribution in [-0.2, 0) is 9.47 Å². The number of nitro groups is 1. The standard InChI is InChI=1S/C39H46ClN5O7Si/c1-43(2)27-9-12-30-35(23-27)53(5,6)36-24-28(44(3)4)10-13-31(36)37(30)32-21-25(7-11-29(32)39(47)48)38(46)42-16-18-52-20-19-51-17-15-41-33-14-8-26(40)22-34(33)45(49)50/h7-14,21-24,27,41H,15-20H2,1-6H3,(H,42,46)(H,47,48). The monoisotopic (exact) mass is 759 g/mol. The molecule has 1 heterocycles. The van der Waals surface area contributed by atoms with Crippen molar-refractivity contribution in [3.8, 4) is 0 Å². The van der Waals surface area contributed by atoms with Crippen molar-refractivity contribution in [3.05, 3.63) is 121 Å². The molecule has 12 nitrogen and oxygen atoms in total. The van der Waals surface area contributed by atoms with Crippen molar-refractivity contribution in [2.24, 2.45) is 0 Å². The molecule has 3 N–H and O–H groups in total. The number of rotatable bonds is 16. The van der Waals surface area contributed by atoms with Crippen LogP contribution in [0.2, 0.25) is 18.1 Å². The number of amides is 1. The van der Waals surface area contributed by atoms with E-state index >= 15 is 0 Å². The van der Waals surface area contributed by atoms with Gasteiger partial charge in [-0.3, -0.25) is 19.8 Å². The van der Waals surface area contributed by atoms with Gasteiger partial charge in [-0.15, -0.1) is 0 Å². The third kappa shape index (κ3) is 8.88. The molecular formula is C39H46ClN5O7Si. The second-order valence-corrected chi connectivity index (χ2v) is 18.6. The summed E-state index contributed by atoms with van der Waals surface area (Å²) in [6.45, 7) is 6.40. The van der Waals surface area contributed by atoms with Gasteiger partial charge in [0, 0.05) is 55.6 Å². The topological polar surface area (TPSA) is 147 Å². The minimum Gasteiger partial charge on any atom is -0.478 e. The van der Waals surface area contributed by atoms with Crippen LogP contribution >= 0.6 is 11.6 Å². The zero-order valence-electron chi connectivity index (χ0n) is 30.9. The summed E-state index contributed by atoms with van der Waals surface area (Å²) in [7, 11) is 5.88. The smallest absolute Gasteiger partial charge is 0.336 e. The van der Waals surface area contributed by atoms with E-state index in [1.807, 2.05) is 28.2 Å². The first-order valence-corrected chi connectivity index (χ1v) is 20.7. The Morgan fingerprint density at radius 3 is 2.32 bits per heavy atom. The Kier molecular flexibility index (Phi) is 12.6. The lowest BCUT2D eigenvalue weighted by atomic mass is 9.86. The number of ether oxygens (including phenoxy) is 2. The Morgan fingerprint density at radius 1 is 0.943 bits per heavy atom. The van der Waals surface area contributed by atoms with Crippen LogP contribution in [0.3, 0.4) is 0 Å². The Bertz CT molecular complexity index is 1990. The van der Waals surface area contributed by atoms with E-state index in [1.165, 1.54) is 22.5 Å². The molecule has 0 fully saturated rings. The second kappa shape index (κ2) is 16.9. The van der Waals surface area contributed by atoms with Gasteiger partial charge < -0.3 is 30.1 Å². The molecule has 1 aliphatic heterocycles. The molecule has 0 bridgehead atoms. The molecule has 3 aromatic carbocycles. The average molecular weight is 760 g/mol. The van der Waals surface area contributed by atoms with E-state index < -0.39 is 19.0 Å². The molecule has 53 heavy (non-hydrogen) atoms. The van der Waals surface area contributed by atoms with Crippen LogP contribution in [-0.4, -0.2) is 109 Å². The number of aromatic carboxylic acids is 1. The third-order valence-corrected chi connectivity index (χ3v) is 13.3. The number of carboxylic acid groups (broad SMARTS) is 1. The van der Waals surface area contributed by atoms with Crippen molar-refractivity contribution in [1.82, 2.24) is 10.2 Å². The maximum atomic E-state index is 13.4. The van der Waals surface area contributed by atoms with Crippen LogP contribution in [0.15, 0.2) is 83.6 Å². The molecule has 0 aromatic heterocycles. The van der Waals surface area contributed by atoms with Gasteiger partial charge >= 0.3 is 5.97 Å². The highest BCUT2D eigenvalue weighted by Gasteiger charge is 2.41. The van der Waals surface area contributed by atoms with E-state index in [0.717, 1.165) is 22.4 Å². The van der Waals surface area contributed by atoms with Gasteiger partial charge in [0.05, 0.1) is 36.9 Å². The number of hydrogen-bond donors (Lipinski definition) is 3. The van der Waals surface area contributed by atoms with Gasteiger partial charge in [-0.05, 0) is 89.2 Å². The number of likely N-dealkylation sites (N-methyl/N-ethyl adjacent to an activating group) is 1. The molecule has 1 unspecified atom stereocenters. The summed E-state index contributed by atoms with van der Waals surface area (Å²) in [6.07, 6.45) is 6.56. The maximum Gasteiger partial charge on any atom is 0.336 e. The lowest BCUT2D eigenvalue weighted by molar-refractivity contribution is -0.383. The van der Waals surface area contributed by atoms with Crippen molar-refractivity contribution in [2.75, 3.05) is 77.9 Å². The summed E-state index contributed by atoms with van der Waals surface area (Å²) >= 11 is 5.86. The summed E-state index contributed by atoms with van der Waals surface area (Å²) in [5.74, 6) is -1.41. The summed E-state index contributed by atoms with van der Waals surface area (Å²) < 4.78 is 11.2. The van der Waals surface area contributed by atoms with Gasteiger partial charge in [0.15, 0.2) is 0 Å². The lowest BCUT2D eigenvalue weighted by Gasteiger charge is -2.40. The van der Waals surface area contributed by atoms with Crippen LogP contribution in [0.5, 0.6) is 0 Å². The minimum absolute atomic E-state index is 0.105. The molecule has 0 spiro atoms. The summed E-state index contributed by atoms with van der Waals surface area (Å²) in [6, 6.07) is 15.6. The molecule has 5 rings (SSSR count). The number of fused-ring (bicyclic) bond motifs is 2. The molecule has 0 radical (unpaired) electrons. The molecule has 0 saturated carbocycles. The number of nitro benzene ring substituents is 1. The van der Waals surface area contributed by atoms with Crippen molar-refractivity contribution in [2.45, 2.75) is 19.1 Å². The summed E-state index contributed by atoms with van der Waals surface area (Å²) in [5.41, 5.74) is 5.10. The number of carbonyl (C=O) groups is 2. The van der Waals surface area contributed by atoms with Crippen molar-refractivity contribution in [1.29, 1.82) is 0 Å². The molecule has 1 amide bonds. The second-order valence-electron chi connectivity index (χ2n) is 13.8. The van der Waals surface area contributed by atoms with E-state index in [9.17, 15) is 24.8 Å². The van der Waals surface area contributed by atoms with Gasteiger partial charge in [-0.2, -0.15) is 0 Å².